The lowest BCUT2D eigenvalue weighted by atomic mass is 10.1. The molecule has 0 aromatic heterocycles. The Bertz CT molecular complexity index is 1050. The van der Waals surface area contributed by atoms with Crippen molar-refractivity contribution in [2.75, 3.05) is 6.61 Å². The Morgan fingerprint density at radius 1 is 0.742 bits per heavy atom. The minimum Gasteiger partial charge on any atom is -0.483 e. The number of Topliss-reactive ketones (excluding diaryl/α,β-unsaturated/α-hetero) is 1. The van der Waals surface area contributed by atoms with Gasteiger partial charge in [-0.15, -0.1) is 0 Å². The molecule has 0 saturated carbocycles. The van der Waals surface area contributed by atoms with Crippen LogP contribution in [0.3, 0.4) is 0 Å². The second-order valence-corrected chi connectivity index (χ2v) is 7.11. The number of amides is 2. The molecule has 0 aliphatic rings. The summed E-state index contributed by atoms with van der Waals surface area (Å²) in [6, 6.07) is 23.5. The molecule has 31 heavy (non-hydrogen) atoms. The van der Waals surface area contributed by atoms with Gasteiger partial charge in [0.05, 0.1) is 0 Å². The van der Waals surface area contributed by atoms with E-state index in [1.165, 1.54) is 0 Å². The average Bonchev–Trinajstić information content (AvgIpc) is 2.81. The van der Waals surface area contributed by atoms with Crippen molar-refractivity contribution in [1.29, 1.82) is 0 Å². The Hall–Kier alpha value is -3.64. The van der Waals surface area contributed by atoms with Crippen LogP contribution in [-0.4, -0.2) is 24.2 Å². The number of nitrogens with one attached hydrogen (secondary N) is 2. The minimum absolute atomic E-state index is 0.0181. The maximum absolute atomic E-state index is 12.1. The molecule has 0 bridgehead atoms. The molecule has 0 radical (unpaired) electrons. The van der Waals surface area contributed by atoms with E-state index in [4.69, 9.17) is 16.3 Å². The monoisotopic (exact) mass is 436 g/mol. The fourth-order valence-electron chi connectivity index (χ4n) is 2.84. The van der Waals surface area contributed by atoms with Crippen molar-refractivity contribution in [2.24, 2.45) is 0 Å². The van der Waals surface area contributed by atoms with Gasteiger partial charge in [0.2, 0.25) is 5.91 Å². The molecule has 3 aromatic rings. The molecule has 2 amide bonds. The van der Waals surface area contributed by atoms with Crippen LogP contribution >= 0.6 is 11.6 Å². The highest BCUT2D eigenvalue weighted by Crippen LogP contribution is 2.29. The highest BCUT2D eigenvalue weighted by molar-refractivity contribution is 6.30. The molecule has 2 N–H and O–H groups in total. The first-order chi connectivity index (χ1) is 15.0. The van der Waals surface area contributed by atoms with Gasteiger partial charge in [0.1, 0.15) is 5.75 Å². The van der Waals surface area contributed by atoms with Gasteiger partial charge in [-0.1, -0.05) is 60.1 Å². The van der Waals surface area contributed by atoms with Crippen LogP contribution in [0.5, 0.6) is 5.75 Å². The van der Waals surface area contributed by atoms with E-state index in [0.717, 1.165) is 11.1 Å². The predicted molar refractivity (Wildman–Crippen MR) is 119 cm³/mol. The van der Waals surface area contributed by atoms with Crippen LogP contribution in [0.1, 0.15) is 23.2 Å². The summed E-state index contributed by atoms with van der Waals surface area (Å²) in [4.78, 5) is 36.0. The van der Waals surface area contributed by atoms with Gasteiger partial charge in [-0.3, -0.25) is 25.2 Å². The fourth-order valence-corrected chi connectivity index (χ4v) is 2.96. The summed E-state index contributed by atoms with van der Waals surface area (Å²) < 4.78 is 5.62. The predicted octanol–water partition coefficient (Wildman–Crippen LogP) is 4.20. The molecule has 0 saturated heterocycles. The highest BCUT2D eigenvalue weighted by Gasteiger charge is 2.11. The molecule has 0 spiro atoms. The number of ether oxygens (including phenoxy) is 1. The van der Waals surface area contributed by atoms with Gasteiger partial charge in [0, 0.05) is 29.0 Å². The molecule has 0 fully saturated rings. The number of ketones is 1. The van der Waals surface area contributed by atoms with Crippen molar-refractivity contribution in [2.45, 2.75) is 12.8 Å². The van der Waals surface area contributed by atoms with E-state index >= 15 is 0 Å². The summed E-state index contributed by atoms with van der Waals surface area (Å²) in [5.74, 6) is -0.608. The topological polar surface area (TPSA) is 84.5 Å². The molecule has 0 aliphatic heterocycles. The van der Waals surface area contributed by atoms with E-state index in [-0.39, 0.29) is 25.2 Å². The van der Waals surface area contributed by atoms with Gasteiger partial charge in [-0.2, -0.15) is 0 Å². The standard InChI is InChI=1S/C24H21ClN2O4/c25-19-12-10-18(11-13-19)21(28)14-15-23(29)26-27-24(30)16-31-22-9-5-4-8-20(22)17-6-2-1-3-7-17/h1-13H,14-16H2,(H,26,29)(H,27,30). The van der Waals surface area contributed by atoms with Crippen molar-refractivity contribution >= 4 is 29.2 Å². The molecule has 0 aliphatic carbocycles. The average molecular weight is 437 g/mol. The Morgan fingerprint density at radius 2 is 1.39 bits per heavy atom. The lowest BCUT2D eigenvalue weighted by molar-refractivity contribution is -0.130. The van der Waals surface area contributed by atoms with Crippen molar-refractivity contribution in [3.05, 3.63) is 89.4 Å². The summed E-state index contributed by atoms with van der Waals surface area (Å²) in [5, 5.41) is 0.533. The maximum atomic E-state index is 12.1. The normalized spacial score (nSPS) is 10.2. The molecule has 0 unspecified atom stereocenters. The third kappa shape index (κ3) is 6.69. The Morgan fingerprint density at radius 3 is 2.13 bits per heavy atom. The van der Waals surface area contributed by atoms with Crippen LogP contribution in [-0.2, 0) is 9.59 Å². The number of para-hydroxylation sites is 1. The summed E-state index contributed by atoms with van der Waals surface area (Å²) >= 11 is 5.79. The summed E-state index contributed by atoms with van der Waals surface area (Å²) in [6.07, 6.45) is -0.0380. The van der Waals surface area contributed by atoms with Crippen molar-refractivity contribution in [3.8, 4) is 16.9 Å². The Balaban J connectivity index is 1.43. The number of hydrazine groups is 1. The van der Waals surface area contributed by atoms with E-state index in [9.17, 15) is 14.4 Å². The van der Waals surface area contributed by atoms with Crippen LogP contribution in [0.15, 0.2) is 78.9 Å². The number of carbonyl (C=O) groups excluding carboxylic acids is 3. The summed E-state index contributed by atoms with van der Waals surface area (Å²) in [6.45, 7) is -0.270. The molecule has 3 rings (SSSR count). The number of hydrogen-bond donors (Lipinski definition) is 2. The third-order valence-electron chi connectivity index (χ3n) is 4.42. The molecule has 158 valence electrons. The van der Waals surface area contributed by atoms with Gasteiger partial charge in [0.25, 0.3) is 5.91 Å². The van der Waals surface area contributed by atoms with Gasteiger partial charge >= 0.3 is 0 Å². The lowest BCUT2D eigenvalue weighted by Crippen LogP contribution is -2.43. The van der Waals surface area contributed by atoms with Gasteiger partial charge in [-0.05, 0) is 35.9 Å². The van der Waals surface area contributed by atoms with E-state index in [2.05, 4.69) is 10.9 Å². The first-order valence-electron chi connectivity index (χ1n) is 9.66. The first-order valence-corrected chi connectivity index (χ1v) is 10.0. The number of carbonyl (C=O) groups is 3. The third-order valence-corrected chi connectivity index (χ3v) is 4.67. The van der Waals surface area contributed by atoms with Crippen molar-refractivity contribution in [3.63, 3.8) is 0 Å². The van der Waals surface area contributed by atoms with Gasteiger partial charge < -0.3 is 4.74 Å². The SMILES string of the molecule is O=C(CCC(=O)c1ccc(Cl)cc1)NNC(=O)COc1ccccc1-c1ccccc1. The molecular formula is C24H21ClN2O4. The van der Waals surface area contributed by atoms with Crippen molar-refractivity contribution < 1.29 is 19.1 Å². The van der Waals surface area contributed by atoms with E-state index < -0.39 is 11.8 Å². The number of benzene rings is 3. The Kier molecular flexibility index (Phi) is 7.79. The maximum Gasteiger partial charge on any atom is 0.276 e. The fraction of sp³-hybridized carbons (Fsp3) is 0.125. The zero-order chi connectivity index (χ0) is 22.1. The number of rotatable bonds is 8. The molecule has 0 heterocycles. The number of halogens is 1. The quantitative estimate of drug-likeness (QED) is 0.409. The second kappa shape index (κ2) is 10.9. The minimum atomic E-state index is -0.514. The summed E-state index contributed by atoms with van der Waals surface area (Å²) in [7, 11) is 0. The lowest BCUT2D eigenvalue weighted by Gasteiger charge is -2.12. The summed E-state index contributed by atoms with van der Waals surface area (Å²) in [5.41, 5.74) is 6.89. The van der Waals surface area contributed by atoms with Gasteiger partial charge in [0.15, 0.2) is 12.4 Å². The largest absolute Gasteiger partial charge is 0.483 e. The Labute approximate surface area is 185 Å². The molecular weight excluding hydrogens is 416 g/mol. The van der Waals surface area contributed by atoms with Crippen LogP contribution < -0.4 is 15.6 Å². The highest BCUT2D eigenvalue weighted by atomic mass is 35.5. The molecule has 3 aromatic carbocycles. The van der Waals surface area contributed by atoms with Crippen molar-refractivity contribution in [1.82, 2.24) is 10.9 Å². The zero-order valence-electron chi connectivity index (χ0n) is 16.6. The van der Waals surface area contributed by atoms with E-state index in [1.54, 1.807) is 30.3 Å². The van der Waals surface area contributed by atoms with E-state index in [1.807, 2.05) is 48.5 Å². The van der Waals surface area contributed by atoms with Gasteiger partial charge in [-0.25, -0.2) is 0 Å². The molecule has 0 atom stereocenters. The number of hydrogen-bond acceptors (Lipinski definition) is 4. The first kappa shape index (κ1) is 22.1. The van der Waals surface area contributed by atoms with E-state index in [0.29, 0.717) is 16.3 Å². The zero-order valence-corrected chi connectivity index (χ0v) is 17.4. The van der Waals surface area contributed by atoms with Crippen LogP contribution in [0.2, 0.25) is 5.02 Å². The molecule has 6 nitrogen and oxygen atoms in total. The molecule has 7 heteroatoms. The van der Waals surface area contributed by atoms with Crippen LogP contribution in [0, 0.1) is 0 Å². The smallest absolute Gasteiger partial charge is 0.276 e. The van der Waals surface area contributed by atoms with Crippen LogP contribution in [0.4, 0.5) is 0 Å². The van der Waals surface area contributed by atoms with Crippen LogP contribution in [0.25, 0.3) is 11.1 Å². The second-order valence-electron chi connectivity index (χ2n) is 6.68.